The molecule has 6 nitrogen and oxygen atoms in total. The molecule has 0 aromatic heterocycles. The van der Waals surface area contributed by atoms with E-state index >= 15 is 0 Å². The van der Waals surface area contributed by atoms with Crippen molar-refractivity contribution in [2.45, 2.75) is 36.3 Å². The number of amides is 1. The number of nitrogens with zero attached hydrogens (tertiary/aromatic N) is 1. The number of benzene rings is 1. The van der Waals surface area contributed by atoms with Crippen LogP contribution in [0, 0.1) is 0 Å². The zero-order valence-electron chi connectivity index (χ0n) is 13.1. The summed E-state index contributed by atoms with van der Waals surface area (Å²) in [6.07, 6.45) is 4.36. The van der Waals surface area contributed by atoms with Gasteiger partial charge in [-0.25, -0.2) is 8.42 Å². The van der Waals surface area contributed by atoms with E-state index in [0.29, 0.717) is 18.9 Å². The van der Waals surface area contributed by atoms with Gasteiger partial charge in [-0.05, 0) is 37.5 Å². The number of carbonyl (C=O) groups is 1. The predicted molar refractivity (Wildman–Crippen MR) is 84.1 cm³/mol. The number of sulfone groups is 1. The van der Waals surface area contributed by atoms with Crippen LogP contribution in [0.15, 0.2) is 29.2 Å². The van der Waals surface area contributed by atoms with Gasteiger partial charge in [0.2, 0.25) is 0 Å². The van der Waals surface area contributed by atoms with Crippen LogP contribution >= 0.6 is 0 Å². The number of morpholine rings is 1. The van der Waals surface area contributed by atoms with Gasteiger partial charge in [0.1, 0.15) is 5.75 Å². The minimum atomic E-state index is -3.29. The average Bonchev–Trinajstić information content (AvgIpc) is 3.00. The molecule has 1 saturated heterocycles. The second-order valence-corrected chi connectivity index (χ2v) is 8.05. The third-order valence-corrected chi connectivity index (χ3v) is 5.51. The van der Waals surface area contributed by atoms with E-state index in [2.05, 4.69) is 0 Å². The van der Waals surface area contributed by atoms with E-state index in [1.807, 2.05) is 4.90 Å². The molecule has 0 N–H and O–H groups in total. The van der Waals surface area contributed by atoms with Gasteiger partial charge >= 0.3 is 0 Å². The van der Waals surface area contributed by atoms with E-state index < -0.39 is 9.84 Å². The fourth-order valence-electron chi connectivity index (χ4n) is 3.26. The number of ether oxygens (including phenoxy) is 2. The smallest absolute Gasteiger partial charge is 0.260 e. The average molecular weight is 339 g/mol. The van der Waals surface area contributed by atoms with E-state index in [1.165, 1.54) is 12.1 Å². The summed E-state index contributed by atoms with van der Waals surface area (Å²) in [7, 11) is -3.29. The third kappa shape index (κ3) is 3.67. The maximum absolute atomic E-state index is 12.4. The Balaban J connectivity index is 1.63. The highest BCUT2D eigenvalue weighted by molar-refractivity contribution is 7.90. The summed E-state index contributed by atoms with van der Waals surface area (Å²) in [6.45, 7) is 1.07. The van der Waals surface area contributed by atoms with Crippen molar-refractivity contribution in [1.82, 2.24) is 4.90 Å². The van der Waals surface area contributed by atoms with Gasteiger partial charge in [0.25, 0.3) is 5.91 Å². The minimum Gasteiger partial charge on any atom is -0.484 e. The van der Waals surface area contributed by atoms with Crippen molar-refractivity contribution in [2.75, 3.05) is 26.0 Å². The summed E-state index contributed by atoms with van der Waals surface area (Å²) in [5, 5.41) is 0. The molecule has 1 aromatic carbocycles. The topological polar surface area (TPSA) is 72.9 Å². The molecule has 2 aliphatic rings. The Kier molecular flexibility index (Phi) is 4.59. The molecule has 0 bridgehead atoms. The van der Waals surface area contributed by atoms with Gasteiger partial charge in [-0.2, -0.15) is 0 Å². The van der Waals surface area contributed by atoms with E-state index in [-0.39, 0.29) is 29.6 Å². The van der Waals surface area contributed by atoms with Crippen molar-refractivity contribution in [3.05, 3.63) is 24.3 Å². The lowest BCUT2D eigenvalue weighted by Gasteiger charge is -2.37. The Labute approximate surface area is 136 Å². The minimum absolute atomic E-state index is 0.0741. The van der Waals surface area contributed by atoms with Crippen molar-refractivity contribution < 1.29 is 22.7 Å². The molecule has 0 radical (unpaired) electrons. The Hall–Kier alpha value is -1.60. The van der Waals surface area contributed by atoms with Crippen molar-refractivity contribution in [2.24, 2.45) is 0 Å². The van der Waals surface area contributed by atoms with Gasteiger partial charge < -0.3 is 14.4 Å². The standard InChI is InChI=1S/C16H21NO5S/c1-23(19,20)13-5-2-4-12(10-13)22-11-16(18)17-8-9-21-15-7-3-6-14(15)17/h2,4-5,10,14-15H,3,6-9,11H2,1H3/t14-,15+/m0/s1. The third-order valence-electron chi connectivity index (χ3n) is 4.40. The monoisotopic (exact) mass is 339 g/mol. The van der Waals surface area contributed by atoms with Gasteiger partial charge in [0, 0.05) is 12.8 Å². The molecule has 1 aromatic rings. The van der Waals surface area contributed by atoms with E-state index in [1.54, 1.807) is 12.1 Å². The summed E-state index contributed by atoms with van der Waals surface area (Å²) in [5.74, 6) is 0.312. The summed E-state index contributed by atoms with van der Waals surface area (Å²) < 4.78 is 34.3. The molecule has 23 heavy (non-hydrogen) atoms. The molecule has 1 aliphatic heterocycles. The van der Waals surface area contributed by atoms with E-state index in [9.17, 15) is 13.2 Å². The number of fused-ring (bicyclic) bond motifs is 1. The first-order valence-electron chi connectivity index (χ1n) is 7.79. The second-order valence-electron chi connectivity index (χ2n) is 6.03. The molecule has 126 valence electrons. The summed E-state index contributed by atoms with van der Waals surface area (Å²) in [6, 6.07) is 6.37. The van der Waals surface area contributed by atoms with Crippen LogP contribution in [0.5, 0.6) is 5.75 Å². The van der Waals surface area contributed by atoms with Crippen LogP contribution < -0.4 is 4.74 Å². The van der Waals surface area contributed by atoms with Crippen molar-refractivity contribution in [3.8, 4) is 5.75 Å². The zero-order valence-corrected chi connectivity index (χ0v) is 13.9. The lowest BCUT2D eigenvalue weighted by atomic mass is 10.1. The van der Waals surface area contributed by atoms with Crippen LogP contribution in [-0.2, 0) is 19.4 Å². The predicted octanol–water partition coefficient (Wildman–Crippen LogP) is 1.25. The number of rotatable bonds is 4. The van der Waals surface area contributed by atoms with E-state index in [0.717, 1.165) is 25.5 Å². The van der Waals surface area contributed by atoms with Crippen molar-refractivity contribution >= 4 is 15.7 Å². The first-order valence-corrected chi connectivity index (χ1v) is 9.68. The molecule has 3 rings (SSSR count). The Bertz CT molecular complexity index is 687. The highest BCUT2D eigenvalue weighted by atomic mass is 32.2. The quantitative estimate of drug-likeness (QED) is 0.825. The molecule has 7 heteroatoms. The summed E-state index contributed by atoms with van der Waals surface area (Å²) in [5.41, 5.74) is 0. The molecule has 1 heterocycles. The highest BCUT2D eigenvalue weighted by Gasteiger charge is 2.38. The molecule has 2 fully saturated rings. The molecular formula is C16H21NO5S. The van der Waals surface area contributed by atoms with Gasteiger partial charge in [-0.15, -0.1) is 0 Å². The molecule has 1 saturated carbocycles. The fourth-order valence-corrected chi connectivity index (χ4v) is 3.91. The highest BCUT2D eigenvalue weighted by Crippen LogP contribution is 2.29. The number of hydrogen-bond donors (Lipinski definition) is 0. The first-order chi connectivity index (χ1) is 10.9. The van der Waals surface area contributed by atoms with Crippen LogP contribution in [0.3, 0.4) is 0 Å². The second kappa shape index (κ2) is 6.49. The maximum atomic E-state index is 12.4. The summed E-state index contributed by atoms with van der Waals surface area (Å²) >= 11 is 0. The van der Waals surface area contributed by atoms with Gasteiger partial charge in [-0.3, -0.25) is 4.79 Å². The normalized spacial score (nSPS) is 24.3. The van der Waals surface area contributed by atoms with E-state index in [4.69, 9.17) is 9.47 Å². The number of carbonyl (C=O) groups excluding carboxylic acids is 1. The molecule has 0 unspecified atom stereocenters. The summed E-state index contributed by atoms with van der Waals surface area (Å²) in [4.78, 5) is 14.5. The van der Waals surface area contributed by atoms with Crippen LogP contribution in [0.2, 0.25) is 0 Å². The molecule has 1 amide bonds. The fraction of sp³-hybridized carbons (Fsp3) is 0.562. The van der Waals surface area contributed by atoms with Gasteiger partial charge in [0.05, 0.1) is 23.6 Å². The zero-order chi connectivity index (χ0) is 16.4. The van der Waals surface area contributed by atoms with Gasteiger partial charge in [-0.1, -0.05) is 6.07 Å². The lowest BCUT2D eigenvalue weighted by Crippen LogP contribution is -2.52. The Morgan fingerprint density at radius 2 is 2.22 bits per heavy atom. The SMILES string of the molecule is CS(=O)(=O)c1cccc(OCC(=O)N2CCO[C@@H]3CCC[C@@H]32)c1. The van der Waals surface area contributed by atoms with Crippen LogP contribution in [0.4, 0.5) is 0 Å². The lowest BCUT2D eigenvalue weighted by molar-refractivity contribution is -0.146. The molecule has 1 aliphatic carbocycles. The molecule has 2 atom stereocenters. The largest absolute Gasteiger partial charge is 0.484 e. The van der Waals surface area contributed by atoms with Crippen LogP contribution in [0.1, 0.15) is 19.3 Å². The van der Waals surface area contributed by atoms with Crippen molar-refractivity contribution in [1.29, 1.82) is 0 Å². The molecule has 0 spiro atoms. The van der Waals surface area contributed by atoms with Crippen LogP contribution in [0.25, 0.3) is 0 Å². The Morgan fingerprint density at radius 3 is 3.00 bits per heavy atom. The molecular weight excluding hydrogens is 318 g/mol. The van der Waals surface area contributed by atoms with Crippen molar-refractivity contribution in [3.63, 3.8) is 0 Å². The van der Waals surface area contributed by atoms with Gasteiger partial charge in [0.15, 0.2) is 16.4 Å². The maximum Gasteiger partial charge on any atom is 0.260 e. The Morgan fingerprint density at radius 1 is 1.39 bits per heavy atom. The first kappa shape index (κ1) is 16.3. The number of hydrogen-bond acceptors (Lipinski definition) is 5. The van der Waals surface area contributed by atoms with Crippen LogP contribution in [-0.4, -0.2) is 57.4 Å².